The fourth-order valence-corrected chi connectivity index (χ4v) is 3.48. The molecule has 0 bridgehead atoms. The number of nitrogens with zero attached hydrogens (tertiary/aromatic N) is 2. The van der Waals surface area contributed by atoms with E-state index in [0.717, 1.165) is 41.0 Å². The van der Waals surface area contributed by atoms with Gasteiger partial charge in [-0.25, -0.2) is 0 Å². The van der Waals surface area contributed by atoms with Crippen molar-refractivity contribution in [2.45, 2.75) is 34.6 Å². The first-order chi connectivity index (χ1) is 13.0. The Balaban J connectivity index is 0. The maximum Gasteiger partial charge on any atom is 0.261 e. The third-order valence-electron chi connectivity index (χ3n) is 5.90. The molecular weight excluding hydrogens is 581 g/mol. The third kappa shape index (κ3) is 10.2. The quantitative estimate of drug-likeness (QED) is 0.387. The molecule has 6 nitrogen and oxygen atoms in total. The Hall–Kier alpha value is -1.21. The summed E-state index contributed by atoms with van der Waals surface area (Å²) < 4.78 is 32.6. The van der Waals surface area contributed by atoms with Gasteiger partial charge in [0.05, 0.1) is 13.4 Å². The first-order valence-electron chi connectivity index (χ1n) is 9.43. The number of hydrogen-bond donors (Lipinski definition) is 1. The Morgan fingerprint density at radius 1 is 1.03 bits per heavy atom. The van der Waals surface area contributed by atoms with Crippen molar-refractivity contribution in [3.05, 3.63) is 50.2 Å². The van der Waals surface area contributed by atoms with Crippen molar-refractivity contribution in [3.8, 4) is 11.4 Å². The first-order valence-corrected chi connectivity index (χ1v) is 11.3. The molecule has 1 aliphatic rings. The standard InChI is InChI=1S/C10H9N2O.C10H20.CH4O3S.CH3.Ir/c1-13-10-5-3-9(4-6-10)12-8-2-7-11-12;1-6-7(2)9(4)10(5)8(6)3;1-5(2,3)4;;/h2-3,5-8H,1H3;6-10H,1-5H3;1H3,(H,2,3,4);1H3;/q-1;;;-1;. The van der Waals surface area contributed by atoms with Crippen molar-refractivity contribution in [2.24, 2.45) is 29.6 Å². The Bertz CT molecular complexity index is 742. The second-order valence-electron chi connectivity index (χ2n) is 7.59. The number of ether oxygens (including phenoxy) is 1. The zero-order valence-electron chi connectivity index (χ0n) is 19.2. The van der Waals surface area contributed by atoms with E-state index in [4.69, 9.17) is 9.29 Å². The summed E-state index contributed by atoms with van der Waals surface area (Å²) in [4.78, 5) is 0. The van der Waals surface area contributed by atoms with Crippen LogP contribution in [0.1, 0.15) is 34.6 Å². The minimum Gasteiger partial charge on any atom is -0.554 e. The van der Waals surface area contributed by atoms with Gasteiger partial charge >= 0.3 is 0 Å². The fourth-order valence-electron chi connectivity index (χ4n) is 3.48. The minimum atomic E-state index is -3.67. The fraction of sp³-hybridized carbons (Fsp3) is 0.545. The van der Waals surface area contributed by atoms with E-state index in [1.165, 1.54) is 0 Å². The van der Waals surface area contributed by atoms with Gasteiger partial charge in [0, 0.05) is 38.2 Å². The molecule has 175 valence electrons. The van der Waals surface area contributed by atoms with Crippen LogP contribution in [0.4, 0.5) is 0 Å². The molecule has 0 saturated heterocycles. The van der Waals surface area contributed by atoms with Gasteiger partial charge in [-0.1, -0.05) is 34.6 Å². The Morgan fingerprint density at radius 2 is 1.47 bits per heavy atom. The van der Waals surface area contributed by atoms with Gasteiger partial charge in [0.1, 0.15) is 0 Å². The van der Waals surface area contributed by atoms with Gasteiger partial charge in [0.2, 0.25) is 0 Å². The summed E-state index contributed by atoms with van der Waals surface area (Å²) in [7, 11) is -2.03. The van der Waals surface area contributed by atoms with Crippen LogP contribution >= 0.6 is 0 Å². The van der Waals surface area contributed by atoms with Gasteiger partial charge in [-0.2, -0.15) is 19.6 Å². The molecule has 0 aliphatic heterocycles. The van der Waals surface area contributed by atoms with E-state index >= 15 is 0 Å². The zero-order chi connectivity index (χ0) is 21.5. The van der Waals surface area contributed by atoms with Crippen molar-refractivity contribution in [1.82, 2.24) is 9.78 Å². The van der Waals surface area contributed by atoms with Crippen molar-refractivity contribution in [1.29, 1.82) is 0 Å². The van der Waals surface area contributed by atoms with Gasteiger partial charge in [-0.3, -0.25) is 9.23 Å². The number of methoxy groups -OCH3 is 1. The van der Waals surface area contributed by atoms with Crippen molar-refractivity contribution >= 4 is 10.1 Å². The average molecular weight is 617 g/mol. The monoisotopic (exact) mass is 617 g/mol. The summed E-state index contributed by atoms with van der Waals surface area (Å²) >= 11 is 0. The zero-order valence-corrected chi connectivity index (χ0v) is 22.4. The van der Waals surface area contributed by atoms with Crippen LogP contribution in [0.25, 0.3) is 5.69 Å². The summed E-state index contributed by atoms with van der Waals surface area (Å²) in [6.07, 6.45) is 4.32. The molecule has 1 heterocycles. The predicted molar refractivity (Wildman–Crippen MR) is 119 cm³/mol. The second-order valence-corrected chi connectivity index (χ2v) is 9.06. The van der Waals surface area contributed by atoms with Crippen LogP contribution in [-0.4, -0.2) is 36.1 Å². The molecule has 0 amide bonds. The molecule has 1 aliphatic carbocycles. The molecule has 1 saturated carbocycles. The van der Waals surface area contributed by atoms with Gasteiger partial charge in [0.15, 0.2) is 0 Å². The molecule has 0 spiro atoms. The molecule has 3 rings (SSSR count). The normalized spacial score (nSPS) is 24.7. The molecule has 2 aromatic rings. The minimum absolute atomic E-state index is 0. The van der Waals surface area contributed by atoms with Crippen LogP contribution in [0.5, 0.6) is 5.75 Å². The van der Waals surface area contributed by atoms with Crippen LogP contribution in [0.2, 0.25) is 0 Å². The van der Waals surface area contributed by atoms with Crippen LogP contribution in [0, 0.1) is 43.1 Å². The van der Waals surface area contributed by atoms with E-state index in [0.29, 0.717) is 6.26 Å². The summed E-state index contributed by atoms with van der Waals surface area (Å²) in [5.74, 6) is 5.48. The molecule has 30 heavy (non-hydrogen) atoms. The molecule has 1 fully saturated rings. The first kappa shape index (κ1) is 31.0. The molecule has 1 aromatic heterocycles. The van der Waals surface area contributed by atoms with Crippen molar-refractivity contribution < 1.29 is 37.8 Å². The number of rotatable bonds is 2. The van der Waals surface area contributed by atoms with E-state index in [1.54, 1.807) is 24.1 Å². The molecular formula is C22H36IrN2O4S-2. The van der Waals surface area contributed by atoms with Gasteiger partial charge in [0.25, 0.3) is 10.1 Å². The molecule has 1 aromatic carbocycles. The van der Waals surface area contributed by atoms with Crippen LogP contribution in [-0.2, 0) is 30.2 Å². The van der Waals surface area contributed by atoms with E-state index < -0.39 is 10.1 Å². The topological polar surface area (TPSA) is 81.4 Å². The molecule has 0 unspecified atom stereocenters. The Morgan fingerprint density at radius 3 is 1.73 bits per heavy atom. The summed E-state index contributed by atoms with van der Waals surface area (Å²) in [6.45, 7) is 12.0. The van der Waals surface area contributed by atoms with Gasteiger partial charge in [-0.15, -0.1) is 18.2 Å². The summed E-state index contributed by atoms with van der Waals surface area (Å²) in [5.41, 5.74) is 0.908. The third-order valence-corrected chi connectivity index (χ3v) is 5.90. The van der Waals surface area contributed by atoms with Crippen molar-refractivity contribution in [3.63, 3.8) is 0 Å². The SMILES string of the molecule is CC1C(C)C(C)C(C)C1C.COc1c[c-]c(-n2cccn2)cc1.CS(=O)(=O)O.[CH3-].[Ir]. The molecule has 1 radical (unpaired) electrons. The van der Waals surface area contributed by atoms with Crippen LogP contribution in [0.3, 0.4) is 0 Å². The van der Waals surface area contributed by atoms with Crippen LogP contribution < -0.4 is 4.74 Å². The largest absolute Gasteiger partial charge is 0.554 e. The molecule has 0 atom stereocenters. The Labute approximate surface area is 196 Å². The maximum absolute atomic E-state index is 9.19. The number of hydrogen-bond acceptors (Lipinski definition) is 4. The van der Waals surface area contributed by atoms with E-state index in [-0.39, 0.29) is 27.5 Å². The smallest absolute Gasteiger partial charge is 0.261 e. The van der Waals surface area contributed by atoms with Gasteiger partial charge in [-0.05, 0) is 41.3 Å². The number of aromatic nitrogens is 2. The van der Waals surface area contributed by atoms with Crippen LogP contribution in [0.15, 0.2) is 36.7 Å². The summed E-state index contributed by atoms with van der Waals surface area (Å²) in [6, 6.07) is 10.5. The number of benzene rings is 1. The summed E-state index contributed by atoms with van der Waals surface area (Å²) in [5, 5.41) is 4.09. The predicted octanol–water partition coefficient (Wildman–Crippen LogP) is 4.81. The van der Waals surface area contributed by atoms with Crippen molar-refractivity contribution in [2.75, 3.05) is 13.4 Å². The maximum atomic E-state index is 9.19. The van der Waals surface area contributed by atoms with E-state index in [2.05, 4.69) is 45.8 Å². The van der Waals surface area contributed by atoms with E-state index in [1.807, 2.05) is 24.4 Å². The second kappa shape index (κ2) is 14.0. The Kier molecular flexibility index (Phi) is 14.4. The molecule has 8 heteroatoms. The molecule has 1 N–H and O–H groups in total. The van der Waals surface area contributed by atoms with Gasteiger partial charge < -0.3 is 12.2 Å². The average Bonchev–Trinajstić information content (AvgIpc) is 3.23. The van der Waals surface area contributed by atoms with E-state index in [9.17, 15) is 8.42 Å².